The molecule has 0 nitrogen and oxygen atoms in total. The average Bonchev–Trinajstić information content (AvgIpc) is 2.78. The summed E-state index contributed by atoms with van der Waals surface area (Å²) in [5.74, 6) is 8.04. The number of hydrogen-bond acceptors (Lipinski definition) is 0. The van der Waals surface area contributed by atoms with Crippen LogP contribution >= 0.6 is 0 Å². The van der Waals surface area contributed by atoms with Crippen LogP contribution in [0.1, 0.15) is 86.5 Å². The van der Waals surface area contributed by atoms with Crippen molar-refractivity contribution in [2.45, 2.75) is 71.1 Å². The summed E-state index contributed by atoms with van der Waals surface area (Å²) < 4.78 is 29.0. The Morgan fingerprint density at radius 1 is 0.906 bits per heavy atom. The van der Waals surface area contributed by atoms with Gasteiger partial charge in [0.25, 0.3) is 0 Å². The smallest absolute Gasteiger partial charge is 0.139 e. The van der Waals surface area contributed by atoms with Crippen LogP contribution in [0.2, 0.25) is 0 Å². The van der Waals surface area contributed by atoms with Crippen molar-refractivity contribution in [1.29, 1.82) is 0 Å². The summed E-state index contributed by atoms with van der Waals surface area (Å²) >= 11 is 0. The van der Waals surface area contributed by atoms with Crippen molar-refractivity contribution in [3.8, 4) is 11.8 Å². The van der Waals surface area contributed by atoms with Crippen LogP contribution in [0, 0.1) is 48.2 Å². The van der Waals surface area contributed by atoms with Crippen molar-refractivity contribution >= 4 is 0 Å². The molecule has 0 N–H and O–H groups in total. The zero-order valence-electron chi connectivity index (χ0n) is 19.3. The number of fused-ring (bicyclic) bond motifs is 1. The Morgan fingerprint density at radius 2 is 1.72 bits per heavy atom. The third-order valence-electron chi connectivity index (χ3n) is 7.61. The molecule has 2 aliphatic carbocycles. The average molecular weight is 433 g/mol. The fourth-order valence-electron chi connectivity index (χ4n) is 5.83. The lowest BCUT2D eigenvalue weighted by Gasteiger charge is -2.42. The third kappa shape index (κ3) is 5.50. The maximum atomic E-state index is 15.0. The lowest BCUT2D eigenvalue weighted by molar-refractivity contribution is 0.114. The van der Waals surface area contributed by atoms with Gasteiger partial charge in [-0.25, -0.2) is 8.78 Å². The number of halogens is 2. The summed E-state index contributed by atoms with van der Waals surface area (Å²) in [5.41, 5.74) is 2.65. The van der Waals surface area contributed by atoms with Gasteiger partial charge in [-0.3, -0.25) is 0 Å². The number of benzene rings is 2. The number of hydrogen-bond donors (Lipinski definition) is 0. The molecule has 0 spiro atoms. The Hall–Kier alpha value is -2.40. The second kappa shape index (κ2) is 10.5. The largest absolute Gasteiger partial charge is 0.207 e. The van der Waals surface area contributed by atoms with Crippen molar-refractivity contribution in [2.75, 3.05) is 0 Å². The van der Waals surface area contributed by atoms with E-state index in [2.05, 4.69) is 30.9 Å². The van der Waals surface area contributed by atoms with E-state index in [1.165, 1.54) is 50.7 Å². The van der Waals surface area contributed by atoms with Crippen molar-refractivity contribution in [2.24, 2.45) is 17.8 Å². The normalized spacial score (nSPS) is 25.2. The van der Waals surface area contributed by atoms with Gasteiger partial charge in [-0.05, 0) is 118 Å². The topological polar surface area (TPSA) is 0 Å². The van der Waals surface area contributed by atoms with E-state index < -0.39 is 0 Å². The molecule has 4 unspecified atom stereocenters. The first-order valence-electron chi connectivity index (χ1n) is 12.2. The van der Waals surface area contributed by atoms with Crippen molar-refractivity contribution in [1.82, 2.24) is 0 Å². The molecular weight excluding hydrogens is 398 g/mol. The van der Waals surface area contributed by atoms with Crippen LogP contribution in [-0.2, 0) is 0 Å². The zero-order valence-corrected chi connectivity index (χ0v) is 19.3. The minimum atomic E-state index is -0.331. The molecule has 0 aliphatic heterocycles. The van der Waals surface area contributed by atoms with Crippen LogP contribution in [0.3, 0.4) is 0 Å². The number of aryl methyl sites for hydroxylation is 1. The van der Waals surface area contributed by atoms with Gasteiger partial charge in [-0.15, -0.1) is 0 Å². The van der Waals surface area contributed by atoms with Crippen molar-refractivity contribution in [3.05, 3.63) is 82.4 Å². The molecule has 168 valence electrons. The molecule has 2 saturated carbocycles. The first kappa shape index (κ1) is 22.8. The summed E-state index contributed by atoms with van der Waals surface area (Å²) in [7, 11) is 0. The summed E-state index contributed by atoms with van der Waals surface area (Å²) in [6, 6.07) is 10.3. The van der Waals surface area contributed by atoms with E-state index >= 15 is 4.39 Å². The van der Waals surface area contributed by atoms with Gasteiger partial charge in [0, 0.05) is 5.56 Å². The molecule has 2 fully saturated rings. The van der Waals surface area contributed by atoms with E-state index in [0.29, 0.717) is 17.0 Å². The van der Waals surface area contributed by atoms with Crippen LogP contribution in [0.5, 0.6) is 0 Å². The first-order chi connectivity index (χ1) is 15.5. The highest BCUT2D eigenvalue weighted by Crippen LogP contribution is 2.48. The summed E-state index contributed by atoms with van der Waals surface area (Å²) in [4.78, 5) is 0. The minimum Gasteiger partial charge on any atom is -0.207 e. The monoisotopic (exact) mass is 432 g/mol. The number of rotatable bonds is 4. The molecule has 0 saturated heterocycles. The lowest BCUT2D eigenvalue weighted by atomic mass is 9.63. The van der Waals surface area contributed by atoms with Crippen molar-refractivity contribution in [3.63, 3.8) is 0 Å². The van der Waals surface area contributed by atoms with Crippen LogP contribution < -0.4 is 0 Å². The number of allylic oxidation sites excluding steroid dienone is 2. The van der Waals surface area contributed by atoms with E-state index in [9.17, 15) is 4.39 Å². The summed E-state index contributed by atoms with van der Waals surface area (Å²) in [6.45, 7) is 3.94. The van der Waals surface area contributed by atoms with Gasteiger partial charge in [0.15, 0.2) is 0 Å². The lowest BCUT2D eigenvalue weighted by Crippen LogP contribution is -2.30. The molecule has 4 atom stereocenters. The van der Waals surface area contributed by atoms with Gasteiger partial charge in [-0.1, -0.05) is 42.5 Å². The SMILES string of the molecule is C/C=C/CCC1CCC2CC(c3ccc(C#Cc4ccc(C)cc4F)cc3F)CCC2C1. The van der Waals surface area contributed by atoms with E-state index in [1.54, 1.807) is 6.07 Å². The fraction of sp³-hybridized carbons (Fsp3) is 0.467. The fourth-order valence-corrected chi connectivity index (χ4v) is 5.83. The van der Waals surface area contributed by atoms with Crippen LogP contribution in [0.25, 0.3) is 0 Å². The second-order valence-corrected chi connectivity index (χ2v) is 9.83. The Kier molecular flexibility index (Phi) is 7.46. The highest BCUT2D eigenvalue weighted by molar-refractivity contribution is 5.45. The van der Waals surface area contributed by atoms with Gasteiger partial charge >= 0.3 is 0 Å². The molecule has 32 heavy (non-hydrogen) atoms. The van der Waals surface area contributed by atoms with Crippen LogP contribution in [0.4, 0.5) is 8.78 Å². The predicted octanol–water partition coefficient (Wildman–Crippen LogP) is 8.33. The highest BCUT2D eigenvalue weighted by atomic mass is 19.1. The van der Waals surface area contributed by atoms with Gasteiger partial charge in [0.2, 0.25) is 0 Å². The third-order valence-corrected chi connectivity index (χ3v) is 7.61. The molecule has 0 radical (unpaired) electrons. The summed E-state index contributed by atoms with van der Waals surface area (Å²) in [5, 5.41) is 0. The maximum Gasteiger partial charge on any atom is 0.139 e. The zero-order chi connectivity index (χ0) is 22.5. The van der Waals surface area contributed by atoms with E-state index in [4.69, 9.17) is 0 Å². The highest BCUT2D eigenvalue weighted by Gasteiger charge is 2.36. The van der Waals surface area contributed by atoms with Crippen LogP contribution in [-0.4, -0.2) is 0 Å². The van der Waals surface area contributed by atoms with E-state index in [-0.39, 0.29) is 11.6 Å². The molecule has 0 amide bonds. The van der Waals surface area contributed by atoms with Crippen molar-refractivity contribution < 1.29 is 8.78 Å². The van der Waals surface area contributed by atoms with Gasteiger partial charge in [0.1, 0.15) is 11.6 Å². The molecule has 2 heteroatoms. The first-order valence-corrected chi connectivity index (χ1v) is 12.2. The molecule has 2 aliphatic rings. The molecule has 0 heterocycles. The van der Waals surface area contributed by atoms with Gasteiger partial charge < -0.3 is 0 Å². The Balaban J connectivity index is 1.39. The Morgan fingerprint density at radius 3 is 2.50 bits per heavy atom. The molecule has 2 aromatic rings. The minimum absolute atomic E-state index is 0.162. The molecule has 0 aromatic heterocycles. The second-order valence-electron chi connectivity index (χ2n) is 9.83. The Bertz CT molecular complexity index is 1020. The summed E-state index contributed by atoms with van der Waals surface area (Å²) in [6.07, 6.45) is 14.4. The van der Waals surface area contributed by atoms with Crippen LogP contribution in [0.15, 0.2) is 48.6 Å². The predicted molar refractivity (Wildman–Crippen MR) is 128 cm³/mol. The maximum absolute atomic E-state index is 15.0. The molecule has 0 bridgehead atoms. The molecular formula is C30H34F2. The van der Waals surface area contributed by atoms with E-state index in [1.807, 2.05) is 25.1 Å². The Labute approximate surface area is 192 Å². The van der Waals surface area contributed by atoms with Gasteiger partial charge in [0.05, 0.1) is 5.56 Å². The quantitative estimate of drug-likeness (QED) is 0.336. The van der Waals surface area contributed by atoms with Gasteiger partial charge in [-0.2, -0.15) is 0 Å². The molecule has 2 aromatic carbocycles. The standard InChI is InChI=1S/C30H34F2/c1-3-4-5-6-22-9-13-26-20-27(15-14-25(26)18-22)28-16-10-23(19-30(28)32)8-12-24-11-7-21(2)17-29(24)31/h3-4,7,10-11,16-17,19,22,25-27H,5-6,9,13-15,18,20H2,1-2H3/b4-3+. The van der Waals surface area contributed by atoms with E-state index in [0.717, 1.165) is 41.7 Å². The molecule has 4 rings (SSSR count).